The lowest BCUT2D eigenvalue weighted by molar-refractivity contribution is 0.607. The highest BCUT2D eigenvalue weighted by atomic mass is 79.9. The van der Waals surface area contributed by atoms with Crippen LogP contribution in [0.3, 0.4) is 0 Å². The van der Waals surface area contributed by atoms with E-state index in [9.17, 15) is 8.42 Å². The van der Waals surface area contributed by atoms with Crippen LogP contribution in [0.4, 0.5) is 17.1 Å². The van der Waals surface area contributed by atoms with E-state index < -0.39 is 10.0 Å². The van der Waals surface area contributed by atoms with Gasteiger partial charge in [-0.2, -0.15) is 0 Å². The van der Waals surface area contributed by atoms with E-state index in [1.54, 1.807) is 24.5 Å². The number of pyridine rings is 1. The minimum atomic E-state index is -3.29. The third-order valence-electron chi connectivity index (χ3n) is 2.15. The van der Waals surface area contributed by atoms with E-state index in [1.165, 1.54) is 0 Å². The molecule has 0 amide bonds. The van der Waals surface area contributed by atoms with Crippen LogP contribution in [-0.2, 0) is 10.0 Å². The maximum absolute atomic E-state index is 11.2. The lowest BCUT2D eigenvalue weighted by Gasteiger charge is -2.10. The quantitative estimate of drug-likeness (QED) is 0.896. The highest BCUT2D eigenvalue weighted by Crippen LogP contribution is 2.25. The van der Waals surface area contributed by atoms with Crippen LogP contribution in [-0.4, -0.2) is 19.7 Å². The van der Waals surface area contributed by atoms with Gasteiger partial charge in [-0.15, -0.1) is 0 Å². The van der Waals surface area contributed by atoms with E-state index in [0.717, 1.165) is 22.1 Å². The van der Waals surface area contributed by atoms with Gasteiger partial charge in [-0.25, -0.2) is 8.42 Å². The molecular formula is C12H12BrN3O2S. The fraction of sp³-hybridized carbons (Fsp3) is 0.0833. The normalized spacial score (nSPS) is 11.1. The molecule has 0 aliphatic carbocycles. The fourth-order valence-electron chi connectivity index (χ4n) is 1.54. The van der Waals surface area contributed by atoms with Gasteiger partial charge in [0, 0.05) is 16.4 Å². The Morgan fingerprint density at radius 1 is 1.16 bits per heavy atom. The van der Waals surface area contributed by atoms with Gasteiger partial charge >= 0.3 is 0 Å². The van der Waals surface area contributed by atoms with Crippen LogP contribution in [0.15, 0.2) is 47.2 Å². The third kappa shape index (κ3) is 4.53. The predicted octanol–water partition coefficient (Wildman–Crippen LogP) is 2.96. The van der Waals surface area contributed by atoms with Crippen LogP contribution < -0.4 is 10.0 Å². The smallest absolute Gasteiger partial charge is 0.229 e. The number of anilines is 3. The fourth-order valence-corrected chi connectivity index (χ4v) is 2.58. The Bertz CT molecular complexity index is 675. The SMILES string of the molecule is CS(=O)(=O)Nc1cc(Br)cc(Nc2cccnc2)c1. The van der Waals surface area contributed by atoms with Gasteiger partial charge in [0.2, 0.25) is 10.0 Å². The van der Waals surface area contributed by atoms with Crippen LogP contribution >= 0.6 is 15.9 Å². The molecule has 1 aromatic carbocycles. The van der Waals surface area contributed by atoms with Gasteiger partial charge in [-0.05, 0) is 30.3 Å². The topological polar surface area (TPSA) is 71.1 Å². The minimum Gasteiger partial charge on any atom is -0.354 e. The molecule has 0 fully saturated rings. The van der Waals surface area contributed by atoms with Crippen molar-refractivity contribution in [3.8, 4) is 0 Å². The number of aromatic nitrogens is 1. The van der Waals surface area contributed by atoms with Crippen LogP contribution in [0.25, 0.3) is 0 Å². The van der Waals surface area contributed by atoms with E-state index in [4.69, 9.17) is 0 Å². The molecule has 0 aliphatic rings. The molecule has 1 heterocycles. The molecule has 0 aliphatic heterocycles. The number of hydrogen-bond donors (Lipinski definition) is 2. The van der Waals surface area contributed by atoms with Crippen molar-refractivity contribution >= 4 is 43.0 Å². The zero-order valence-corrected chi connectivity index (χ0v) is 12.5. The Kier molecular flexibility index (Phi) is 4.06. The van der Waals surface area contributed by atoms with E-state index in [-0.39, 0.29) is 0 Å². The summed E-state index contributed by atoms with van der Waals surface area (Å²) in [6, 6.07) is 8.93. The highest BCUT2D eigenvalue weighted by Gasteiger charge is 2.05. The molecule has 7 heteroatoms. The van der Waals surface area contributed by atoms with Gasteiger partial charge in [0.05, 0.1) is 23.8 Å². The Balaban J connectivity index is 2.27. The first-order valence-corrected chi connectivity index (χ1v) is 8.06. The summed E-state index contributed by atoms with van der Waals surface area (Å²) in [6.45, 7) is 0. The maximum Gasteiger partial charge on any atom is 0.229 e. The first-order chi connectivity index (χ1) is 8.92. The molecule has 100 valence electrons. The number of rotatable bonds is 4. The average Bonchev–Trinajstić information content (AvgIpc) is 2.26. The number of halogens is 1. The van der Waals surface area contributed by atoms with Crippen LogP contribution in [0.1, 0.15) is 0 Å². The van der Waals surface area contributed by atoms with E-state index in [1.807, 2.05) is 18.2 Å². The largest absolute Gasteiger partial charge is 0.354 e. The van der Waals surface area contributed by atoms with E-state index >= 15 is 0 Å². The predicted molar refractivity (Wildman–Crippen MR) is 80.1 cm³/mol. The van der Waals surface area contributed by atoms with Crippen molar-refractivity contribution in [2.75, 3.05) is 16.3 Å². The lowest BCUT2D eigenvalue weighted by atomic mass is 10.2. The summed E-state index contributed by atoms with van der Waals surface area (Å²) in [7, 11) is -3.29. The molecule has 19 heavy (non-hydrogen) atoms. The summed E-state index contributed by atoms with van der Waals surface area (Å²) in [5.74, 6) is 0. The van der Waals surface area contributed by atoms with Crippen molar-refractivity contribution in [2.45, 2.75) is 0 Å². The maximum atomic E-state index is 11.2. The Morgan fingerprint density at radius 3 is 2.53 bits per heavy atom. The molecule has 2 N–H and O–H groups in total. The van der Waals surface area contributed by atoms with Crippen LogP contribution in [0.5, 0.6) is 0 Å². The molecule has 0 unspecified atom stereocenters. The summed E-state index contributed by atoms with van der Waals surface area (Å²) in [5.41, 5.74) is 2.07. The van der Waals surface area contributed by atoms with Crippen LogP contribution in [0.2, 0.25) is 0 Å². The molecule has 0 radical (unpaired) electrons. The van der Waals surface area contributed by atoms with Crippen LogP contribution in [0, 0.1) is 0 Å². The molecular weight excluding hydrogens is 330 g/mol. The standard InChI is InChI=1S/C12H12BrN3O2S/c1-19(17,18)16-12-6-9(13)5-11(7-12)15-10-3-2-4-14-8-10/h2-8,15-16H,1H3. The van der Waals surface area contributed by atoms with Gasteiger partial charge in [-0.1, -0.05) is 15.9 Å². The zero-order chi connectivity index (χ0) is 13.9. The number of nitrogens with one attached hydrogen (secondary N) is 2. The number of sulfonamides is 1. The van der Waals surface area contributed by atoms with Crippen molar-refractivity contribution in [1.82, 2.24) is 4.98 Å². The second-order valence-corrected chi connectivity index (χ2v) is 6.63. The minimum absolute atomic E-state index is 0.489. The number of nitrogens with zero attached hydrogens (tertiary/aromatic N) is 1. The zero-order valence-electron chi connectivity index (χ0n) is 10.1. The van der Waals surface area contributed by atoms with Crippen molar-refractivity contribution in [1.29, 1.82) is 0 Å². The summed E-state index contributed by atoms with van der Waals surface area (Å²) in [4.78, 5) is 4.00. The third-order valence-corrected chi connectivity index (χ3v) is 3.22. The Morgan fingerprint density at radius 2 is 1.89 bits per heavy atom. The summed E-state index contributed by atoms with van der Waals surface area (Å²) < 4.78 is 25.7. The monoisotopic (exact) mass is 341 g/mol. The second-order valence-electron chi connectivity index (χ2n) is 3.97. The molecule has 0 saturated carbocycles. The van der Waals surface area contributed by atoms with Gasteiger partial charge in [0.15, 0.2) is 0 Å². The van der Waals surface area contributed by atoms with E-state index in [0.29, 0.717) is 5.69 Å². The summed E-state index contributed by atoms with van der Waals surface area (Å²) in [5, 5.41) is 3.14. The first-order valence-electron chi connectivity index (χ1n) is 5.38. The van der Waals surface area contributed by atoms with Crippen molar-refractivity contribution in [3.63, 3.8) is 0 Å². The van der Waals surface area contributed by atoms with Gasteiger partial charge in [-0.3, -0.25) is 9.71 Å². The molecule has 5 nitrogen and oxygen atoms in total. The van der Waals surface area contributed by atoms with Gasteiger partial charge in [0.1, 0.15) is 0 Å². The summed E-state index contributed by atoms with van der Waals surface area (Å²) in [6.07, 6.45) is 4.48. The second kappa shape index (κ2) is 5.58. The lowest BCUT2D eigenvalue weighted by Crippen LogP contribution is -2.09. The van der Waals surface area contributed by atoms with E-state index in [2.05, 4.69) is 31.0 Å². The number of benzene rings is 1. The summed E-state index contributed by atoms with van der Waals surface area (Å²) >= 11 is 3.34. The average molecular weight is 342 g/mol. The van der Waals surface area contributed by atoms with Crippen molar-refractivity contribution < 1.29 is 8.42 Å². The van der Waals surface area contributed by atoms with Crippen molar-refractivity contribution in [3.05, 3.63) is 47.2 Å². The molecule has 1 aromatic heterocycles. The molecule has 0 saturated heterocycles. The Hall–Kier alpha value is -1.60. The van der Waals surface area contributed by atoms with Gasteiger partial charge in [0.25, 0.3) is 0 Å². The van der Waals surface area contributed by atoms with Gasteiger partial charge < -0.3 is 5.32 Å². The molecule has 2 aromatic rings. The highest BCUT2D eigenvalue weighted by molar-refractivity contribution is 9.10. The van der Waals surface area contributed by atoms with Crippen molar-refractivity contribution in [2.24, 2.45) is 0 Å². The first kappa shape index (κ1) is 13.8. The number of hydrogen-bond acceptors (Lipinski definition) is 4. The molecule has 0 atom stereocenters. The molecule has 0 spiro atoms. The molecule has 0 bridgehead atoms. The Labute approximate surface area is 120 Å². The molecule has 2 rings (SSSR count).